The first-order valence-corrected chi connectivity index (χ1v) is 11.4. The summed E-state index contributed by atoms with van der Waals surface area (Å²) in [5.74, 6) is 3.74. The Morgan fingerprint density at radius 1 is 1.21 bits per heavy atom. The fraction of sp³-hybridized carbons (Fsp3) is 0.400. The molecular weight excluding hydrogens is 406 g/mol. The predicted molar refractivity (Wildman–Crippen MR) is 113 cm³/mol. The van der Waals surface area contributed by atoms with E-state index < -0.39 is 0 Å². The van der Waals surface area contributed by atoms with Crippen LogP contribution in [-0.2, 0) is 18.7 Å². The molecule has 4 rings (SSSR count). The van der Waals surface area contributed by atoms with Crippen LogP contribution in [0.25, 0.3) is 10.8 Å². The SMILES string of the molecule is CCc1sc(-c2nnc(CSc3nnc(C(C)C)n3Cc3ccco3)o2)cc1C. The summed E-state index contributed by atoms with van der Waals surface area (Å²) in [5.41, 5.74) is 1.27. The summed E-state index contributed by atoms with van der Waals surface area (Å²) < 4.78 is 13.5. The van der Waals surface area contributed by atoms with Crippen molar-refractivity contribution in [1.82, 2.24) is 25.0 Å². The molecule has 9 heteroatoms. The summed E-state index contributed by atoms with van der Waals surface area (Å²) >= 11 is 3.25. The van der Waals surface area contributed by atoms with Gasteiger partial charge in [-0.1, -0.05) is 32.5 Å². The Morgan fingerprint density at radius 2 is 2.07 bits per heavy atom. The van der Waals surface area contributed by atoms with E-state index in [-0.39, 0.29) is 5.92 Å². The zero-order chi connectivity index (χ0) is 20.4. The van der Waals surface area contributed by atoms with Crippen molar-refractivity contribution in [2.75, 3.05) is 0 Å². The Labute approximate surface area is 177 Å². The highest BCUT2D eigenvalue weighted by Crippen LogP contribution is 2.32. The van der Waals surface area contributed by atoms with E-state index in [1.54, 1.807) is 17.6 Å². The number of nitrogens with zero attached hydrogens (tertiary/aromatic N) is 5. The van der Waals surface area contributed by atoms with Gasteiger partial charge in [0, 0.05) is 10.8 Å². The van der Waals surface area contributed by atoms with Crippen LogP contribution in [0.3, 0.4) is 0 Å². The van der Waals surface area contributed by atoms with Crippen LogP contribution in [0.5, 0.6) is 0 Å². The second-order valence-electron chi connectivity index (χ2n) is 7.02. The van der Waals surface area contributed by atoms with Gasteiger partial charge >= 0.3 is 0 Å². The van der Waals surface area contributed by atoms with Gasteiger partial charge in [0.05, 0.1) is 23.4 Å². The number of thioether (sulfide) groups is 1. The van der Waals surface area contributed by atoms with Gasteiger partial charge in [0.2, 0.25) is 5.89 Å². The van der Waals surface area contributed by atoms with Crippen LogP contribution in [0.4, 0.5) is 0 Å². The predicted octanol–water partition coefficient (Wildman–Crippen LogP) is 5.32. The van der Waals surface area contributed by atoms with E-state index in [4.69, 9.17) is 8.83 Å². The minimum atomic E-state index is 0.261. The smallest absolute Gasteiger partial charge is 0.257 e. The van der Waals surface area contributed by atoms with Gasteiger partial charge in [-0.3, -0.25) is 4.57 Å². The lowest BCUT2D eigenvalue weighted by Gasteiger charge is -2.10. The molecular formula is C20H23N5O2S2. The molecule has 0 aliphatic rings. The molecule has 4 aromatic rings. The largest absolute Gasteiger partial charge is 0.467 e. The number of hydrogen-bond donors (Lipinski definition) is 0. The zero-order valence-corrected chi connectivity index (χ0v) is 18.5. The number of furan rings is 1. The first kappa shape index (κ1) is 19.9. The molecule has 0 unspecified atom stereocenters. The first-order valence-electron chi connectivity index (χ1n) is 9.55. The molecule has 0 atom stereocenters. The van der Waals surface area contributed by atoms with E-state index >= 15 is 0 Å². The lowest BCUT2D eigenvalue weighted by Crippen LogP contribution is -2.07. The van der Waals surface area contributed by atoms with Crippen molar-refractivity contribution in [3.63, 3.8) is 0 Å². The number of thiophene rings is 1. The Kier molecular flexibility index (Phi) is 5.86. The number of hydrogen-bond acceptors (Lipinski definition) is 8. The van der Waals surface area contributed by atoms with Gasteiger partial charge in [-0.25, -0.2) is 0 Å². The molecule has 0 N–H and O–H groups in total. The summed E-state index contributed by atoms with van der Waals surface area (Å²) in [6, 6.07) is 5.96. The molecule has 0 amide bonds. The molecule has 0 saturated carbocycles. The van der Waals surface area contributed by atoms with Crippen LogP contribution in [0.1, 0.15) is 54.6 Å². The molecule has 0 aromatic carbocycles. The fourth-order valence-electron chi connectivity index (χ4n) is 3.05. The van der Waals surface area contributed by atoms with Crippen molar-refractivity contribution in [2.45, 2.75) is 57.5 Å². The zero-order valence-electron chi connectivity index (χ0n) is 16.9. The summed E-state index contributed by atoms with van der Waals surface area (Å²) in [6.07, 6.45) is 2.69. The minimum absolute atomic E-state index is 0.261. The minimum Gasteiger partial charge on any atom is -0.467 e. The third-order valence-corrected chi connectivity index (χ3v) is 6.82. The molecule has 29 heavy (non-hydrogen) atoms. The molecule has 0 fully saturated rings. The van der Waals surface area contributed by atoms with Gasteiger partial charge in [-0.15, -0.1) is 31.7 Å². The van der Waals surface area contributed by atoms with Crippen LogP contribution in [-0.4, -0.2) is 25.0 Å². The summed E-state index contributed by atoms with van der Waals surface area (Å²) in [4.78, 5) is 2.37. The quantitative estimate of drug-likeness (QED) is 0.351. The van der Waals surface area contributed by atoms with Gasteiger partial charge in [0.15, 0.2) is 5.16 Å². The maximum absolute atomic E-state index is 5.90. The molecule has 0 aliphatic carbocycles. The highest BCUT2D eigenvalue weighted by molar-refractivity contribution is 7.98. The van der Waals surface area contributed by atoms with E-state index in [1.165, 1.54) is 22.2 Å². The standard InChI is InChI=1S/C20H23N5O2S2/c1-5-15-13(4)9-16(29-15)19-23-21-17(27-19)11-28-20-24-22-18(12(2)3)25(20)10-14-7-6-8-26-14/h6-9,12H,5,10-11H2,1-4H3. The van der Waals surface area contributed by atoms with E-state index in [0.717, 1.165) is 28.0 Å². The lowest BCUT2D eigenvalue weighted by molar-refractivity contribution is 0.475. The van der Waals surface area contributed by atoms with Crippen molar-refractivity contribution in [3.05, 3.63) is 52.4 Å². The van der Waals surface area contributed by atoms with Crippen molar-refractivity contribution in [1.29, 1.82) is 0 Å². The van der Waals surface area contributed by atoms with E-state index in [2.05, 4.69) is 58.7 Å². The topological polar surface area (TPSA) is 82.8 Å². The van der Waals surface area contributed by atoms with Crippen LogP contribution >= 0.6 is 23.1 Å². The van der Waals surface area contributed by atoms with Crippen molar-refractivity contribution in [3.8, 4) is 10.8 Å². The fourth-order valence-corrected chi connectivity index (χ4v) is 4.87. The van der Waals surface area contributed by atoms with E-state index in [9.17, 15) is 0 Å². The number of aryl methyl sites for hydroxylation is 2. The maximum Gasteiger partial charge on any atom is 0.257 e. The maximum atomic E-state index is 5.90. The Morgan fingerprint density at radius 3 is 2.76 bits per heavy atom. The second-order valence-corrected chi connectivity index (χ2v) is 9.10. The van der Waals surface area contributed by atoms with Crippen molar-refractivity contribution in [2.24, 2.45) is 0 Å². The second kappa shape index (κ2) is 8.54. The molecule has 0 aliphatic heterocycles. The lowest BCUT2D eigenvalue weighted by atomic mass is 10.2. The van der Waals surface area contributed by atoms with Gasteiger partial charge < -0.3 is 8.83 Å². The van der Waals surface area contributed by atoms with Gasteiger partial charge in [0.1, 0.15) is 11.6 Å². The first-order chi connectivity index (χ1) is 14.0. The van der Waals surface area contributed by atoms with Crippen LogP contribution in [0.15, 0.2) is 38.5 Å². The van der Waals surface area contributed by atoms with Gasteiger partial charge in [0.25, 0.3) is 5.89 Å². The third-order valence-electron chi connectivity index (χ3n) is 4.50. The van der Waals surface area contributed by atoms with Crippen molar-refractivity contribution >= 4 is 23.1 Å². The van der Waals surface area contributed by atoms with Crippen molar-refractivity contribution < 1.29 is 8.83 Å². The molecule has 4 aromatic heterocycles. The Hall–Kier alpha value is -2.39. The third kappa shape index (κ3) is 4.30. The molecule has 0 radical (unpaired) electrons. The number of rotatable bonds is 8. The van der Waals surface area contributed by atoms with Crippen LogP contribution in [0, 0.1) is 6.92 Å². The van der Waals surface area contributed by atoms with Gasteiger partial charge in [-0.2, -0.15) is 0 Å². The monoisotopic (exact) mass is 429 g/mol. The molecule has 0 saturated heterocycles. The normalized spacial score (nSPS) is 11.6. The molecule has 4 heterocycles. The number of aromatic nitrogens is 5. The van der Waals surface area contributed by atoms with Crippen LogP contribution < -0.4 is 0 Å². The average Bonchev–Trinajstić information content (AvgIpc) is 3.47. The molecule has 152 valence electrons. The summed E-state index contributed by atoms with van der Waals surface area (Å²) in [6.45, 7) is 9.08. The molecule has 0 spiro atoms. The van der Waals surface area contributed by atoms with Gasteiger partial charge in [-0.05, 0) is 37.1 Å². The highest BCUT2D eigenvalue weighted by atomic mass is 32.2. The highest BCUT2D eigenvalue weighted by Gasteiger charge is 2.18. The van der Waals surface area contributed by atoms with E-state index in [1.807, 2.05) is 12.1 Å². The van der Waals surface area contributed by atoms with Crippen LogP contribution in [0.2, 0.25) is 0 Å². The average molecular weight is 430 g/mol. The summed E-state index contributed by atoms with van der Waals surface area (Å²) in [5, 5.41) is 18.0. The summed E-state index contributed by atoms with van der Waals surface area (Å²) in [7, 11) is 0. The Balaban J connectivity index is 1.50. The molecule has 7 nitrogen and oxygen atoms in total. The van der Waals surface area contributed by atoms with E-state index in [0.29, 0.717) is 24.1 Å². The molecule has 0 bridgehead atoms. The Bertz CT molecular complexity index is 1080.